The van der Waals surface area contributed by atoms with Crippen molar-refractivity contribution >= 4 is 39.1 Å². The van der Waals surface area contributed by atoms with Crippen molar-refractivity contribution < 1.29 is 35.6 Å². The first-order valence-corrected chi connectivity index (χ1v) is 15.1. The average molecular weight is 628 g/mol. The zero-order valence-electron chi connectivity index (χ0n) is 22.9. The van der Waals surface area contributed by atoms with Gasteiger partial charge >= 0.3 is 6.18 Å². The minimum Gasteiger partial charge on any atom is -0.354 e. The smallest absolute Gasteiger partial charge is 0.354 e. The maximum atomic E-state index is 14.8. The summed E-state index contributed by atoms with van der Waals surface area (Å²) in [7, 11) is -4.32. The van der Waals surface area contributed by atoms with Crippen molar-refractivity contribution in [2.24, 2.45) is 0 Å². The number of nitrogens with zero attached hydrogens (tertiary/aromatic N) is 2. The van der Waals surface area contributed by atoms with Gasteiger partial charge in [-0.25, -0.2) is 12.8 Å². The molecule has 13 heteroatoms. The number of nitrogens with one attached hydrogen (secondary N) is 1. The molecule has 226 valence electrons. The maximum absolute atomic E-state index is 14.8. The third-order valence-corrected chi connectivity index (χ3v) is 7.81. The Morgan fingerprint density at radius 1 is 1.00 bits per heavy atom. The molecule has 3 rings (SSSR count). The summed E-state index contributed by atoms with van der Waals surface area (Å²) < 4.78 is 81.5. The van der Waals surface area contributed by atoms with E-state index < -0.39 is 69.2 Å². The van der Waals surface area contributed by atoms with E-state index in [9.17, 15) is 35.6 Å². The molecule has 0 aliphatic rings. The van der Waals surface area contributed by atoms with E-state index in [2.05, 4.69) is 5.32 Å². The molecule has 2 amide bonds. The Bertz CT molecular complexity index is 1500. The number of anilines is 1. The summed E-state index contributed by atoms with van der Waals surface area (Å²) in [5, 5.41) is 2.09. The van der Waals surface area contributed by atoms with E-state index in [4.69, 9.17) is 11.6 Å². The topological polar surface area (TPSA) is 86.8 Å². The fraction of sp³-hybridized carbons (Fsp3) is 0.310. The van der Waals surface area contributed by atoms with Gasteiger partial charge in [0.1, 0.15) is 18.4 Å². The highest BCUT2D eigenvalue weighted by Crippen LogP contribution is 2.37. The fourth-order valence-corrected chi connectivity index (χ4v) is 5.30. The number of hydrogen-bond donors (Lipinski definition) is 1. The predicted octanol–water partition coefficient (Wildman–Crippen LogP) is 5.43. The van der Waals surface area contributed by atoms with E-state index >= 15 is 0 Å². The van der Waals surface area contributed by atoms with E-state index in [-0.39, 0.29) is 18.5 Å². The quantitative estimate of drug-likeness (QED) is 0.271. The van der Waals surface area contributed by atoms with Crippen molar-refractivity contribution in [3.63, 3.8) is 0 Å². The van der Waals surface area contributed by atoms with Crippen molar-refractivity contribution in [1.29, 1.82) is 0 Å². The molecule has 0 heterocycles. The SMILES string of the molecule is CCCNC(=O)C(Cc1ccccc1)N(Cc1ccccc1F)C(=O)CN(c1ccc(Cl)c(C(F)(F)F)c1)S(C)(=O)=O. The van der Waals surface area contributed by atoms with Gasteiger partial charge in [0, 0.05) is 25.1 Å². The van der Waals surface area contributed by atoms with Crippen LogP contribution in [0.25, 0.3) is 0 Å². The Morgan fingerprint density at radius 3 is 2.24 bits per heavy atom. The molecular weight excluding hydrogens is 598 g/mol. The van der Waals surface area contributed by atoms with Crippen LogP contribution in [-0.4, -0.2) is 50.5 Å². The van der Waals surface area contributed by atoms with Crippen molar-refractivity contribution in [1.82, 2.24) is 10.2 Å². The zero-order chi connectivity index (χ0) is 31.1. The Labute approximate surface area is 247 Å². The van der Waals surface area contributed by atoms with Crippen LogP contribution in [0.5, 0.6) is 0 Å². The second kappa shape index (κ2) is 14.0. The van der Waals surface area contributed by atoms with Crippen molar-refractivity contribution in [2.45, 2.75) is 38.5 Å². The van der Waals surface area contributed by atoms with Crippen LogP contribution in [0.15, 0.2) is 72.8 Å². The fourth-order valence-electron chi connectivity index (χ4n) is 4.23. The summed E-state index contributed by atoms with van der Waals surface area (Å²) in [5.41, 5.74) is -1.01. The Morgan fingerprint density at radius 2 is 1.64 bits per heavy atom. The lowest BCUT2D eigenvalue weighted by Crippen LogP contribution is -2.53. The molecule has 1 N–H and O–H groups in total. The Kier molecular flexibility index (Phi) is 11.0. The molecule has 0 saturated heterocycles. The monoisotopic (exact) mass is 627 g/mol. The number of amides is 2. The number of benzene rings is 3. The van der Waals surface area contributed by atoms with E-state index in [1.54, 1.807) is 36.4 Å². The summed E-state index contributed by atoms with van der Waals surface area (Å²) in [6.45, 7) is 0.750. The van der Waals surface area contributed by atoms with Gasteiger partial charge in [-0.1, -0.05) is 67.1 Å². The maximum Gasteiger partial charge on any atom is 0.417 e. The molecule has 0 aliphatic carbocycles. The van der Waals surface area contributed by atoms with Gasteiger partial charge in [-0.05, 0) is 36.2 Å². The molecule has 0 fully saturated rings. The molecule has 42 heavy (non-hydrogen) atoms. The third kappa shape index (κ3) is 8.68. The van der Waals surface area contributed by atoms with Crippen LogP contribution in [0.2, 0.25) is 5.02 Å². The molecule has 0 radical (unpaired) electrons. The van der Waals surface area contributed by atoms with Crippen molar-refractivity contribution in [3.05, 3.63) is 100 Å². The minimum absolute atomic E-state index is 0.00855. The number of halogens is 5. The summed E-state index contributed by atoms with van der Waals surface area (Å²) in [6, 6.07) is 15.6. The Hall–Kier alpha value is -3.64. The third-order valence-electron chi connectivity index (χ3n) is 6.34. The van der Waals surface area contributed by atoms with Crippen LogP contribution < -0.4 is 9.62 Å². The lowest BCUT2D eigenvalue weighted by molar-refractivity contribution is -0.140. The highest BCUT2D eigenvalue weighted by molar-refractivity contribution is 7.92. The molecule has 0 spiro atoms. The molecule has 0 aliphatic heterocycles. The molecule has 0 saturated carbocycles. The van der Waals surface area contributed by atoms with Crippen molar-refractivity contribution in [2.75, 3.05) is 23.7 Å². The van der Waals surface area contributed by atoms with Gasteiger partial charge in [-0.2, -0.15) is 13.2 Å². The van der Waals surface area contributed by atoms with Gasteiger partial charge < -0.3 is 10.2 Å². The summed E-state index contributed by atoms with van der Waals surface area (Å²) in [5.74, 6) is -2.14. The highest BCUT2D eigenvalue weighted by Gasteiger charge is 2.36. The van der Waals surface area contributed by atoms with Crippen LogP contribution in [0, 0.1) is 5.82 Å². The van der Waals surface area contributed by atoms with E-state index in [0.717, 1.165) is 23.3 Å². The molecular formula is C29H30ClF4N3O4S. The van der Waals surface area contributed by atoms with E-state index in [1.807, 2.05) is 6.92 Å². The zero-order valence-corrected chi connectivity index (χ0v) is 24.4. The molecule has 3 aromatic carbocycles. The summed E-state index contributed by atoms with van der Waals surface area (Å²) in [6.07, 6.45) is -3.56. The number of hydrogen-bond acceptors (Lipinski definition) is 4. The minimum atomic E-state index is -4.89. The second-order valence-corrected chi connectivity index (χ2v) is 11.9. The summed E-state index contributed by atoms with van der Waals surface area (Å²) in [4.78, 5) is 28.4. The Balaban J connectivity index is 2.10. The number of sulfonamides is 1. The molecule has 1 atom stereocenters. The predicted molar refractivity (Wildman–Crippen MR) is 153 cm³/mol. The van der Waals surface area contributed by atoms with Gasteiger partial charge in [0.25, 0.3) is 0 Å². The average Bonchev–Trinajstić information content (AvgIpc) is 2.93. The molecule has 0 aromatic heterocycles. The van der Waals surface area contributed by atoms with Gasteiger partial charge in [-0.15, -0.1) is 0 Å². The number of rotatable bonds is 12. The van der Waals surface area contributed by atoms with Gasteiger partial charge in [0.05, 0.1) is 22.5 Å². The lowest BCUT2D eigenvalue weighted by Gasteiger charge is -2.33. The van der Waals surface area contributed by atoms with Crippen LogP contribution in [0.4, 0.5) is 23.2 Å². The van der Waals surface area contributed by atoms with E-state index in [1.165, 1.54) is 18.2 Å². The standard InChI is InChI=1S/C29H30ClF4N3O4S/c1-3-15-35-28(39)26(16-20-9-5-4-6-10-20)36(18-21-11-7-8-12-25(21)31)27(38)19-37(42(2,40)41)22-13-14-24(30)23(17-22)29(32,33)34/h4-14,17,26H,3,15-16,18-19H2,1-2H3,(H,35,39). The van der Waals surface area contributed by atoms with Crippen molar-refractivity contribution in [3.8, 4) is 0 Å². The van der Waals surface area contributed by atoms with Gasteiger partial charge in [0.15, 0.2) is 0 Å². The first-order valence-electron chi connectivity index (χ1n) is 12.9. The van der Waals surface area contributed by atoms with Crippen LogP contribution in [0.1, 0.15) is 30.0 Å². The molecule has 0 bridgehead atoms. The largest absolute Gasteiger partial charge is 0.417 e. The summed E-state index contributed by atoms with van der Waals surface area (Å²) >= 11 is 5.71. The number of carbonyl (C=O) groups is 2. The van der Waals surface area contributed by atoms with Gasteiger partial charge in [-0.3, -0.25) is 13.9 Å². The van der Waals surface area contributed by atoms with Crippen LogP contribution in [0.3, 0.4) is 0 Å². The first-order chi connectivity index (χ1) is 19.7. The van der Waals surface area contributed by atoms with E-state index in [0.29, 0.717) is 22.4 Å². The second-order valence-electron chi connectivity index (χ2n) is 9.54. The normalized spacial score (nSPS) is 12.5. The molecule has 1 unspecified atom stereocenters. The number of carbonyl (C=O) groups excluding carboxylic acids is 2. The highest BCUT2D eigenvalue weighted by atomic mass is 35.5. The van der Waals surface area contributed by atoms with Crippen LogP contribution in [-0.2, 0) is 38.8 Å². The lowest BCUT2D eigenvalue weighted by atomic mass is 10.0. The van der Waals surface area contributed by atoms with Gasteiger partial charge in [0.2, 0.25) is 21.8 Å². The molecule has 7 nitrogen and oxygen atoms in total. The number of alkyl halides is 3. The van der Waals surface area contributed by atoms with Crippen LogP contribution >= 0.6 is 11.6 Å². The first kappa shape index (κ1) is 32.9. The molecule has 3 aromatic rings.